The number of hydrogen-bond acceptors (Lipinski definition) is 1. The summed E-state index contributed by atoms with van der Waals surface area (Å²) in [7, 11) is 0. The number of ether oxygens (including phenoxy) is 1. The zero-order chi connectivity index (χ0) is 13.0. The summed E-state index contributed by atoms with van der Waals surface area (Å²) >= 11 is 3.35. The van der Waals surface area contributed by atoms with Crippen molar-refractivity contribution < 1.29 is 13.5 Å². The molecular formula is C14H11BrF2O. The summed E-state index contributed by atoms with van der Waals surface area (Å²) in [6, 6.07) is 11.5. The van der Waals surface area contributed by atoms with Crippen LogP contribution < -0.4 is 4.74 Å². The molecule has 2 aromatic carbocycles. The highest BCUT2D eigenvalue weighted by Gasteiger charge is 2.09. The average molecular weight is 313 g/mol. The quantitative estimate of drug-likeness (QED) is 0.758. The van der Waals surface area contributed by atoms with Gasteiger partial charge in [0.25, 0.3) is 0 Å². The van der Waals surface area contributed by atoms with Crippen molar-refractivity contribution in [2.75, 3.05) is 0 Å². The minimum Gasteiger partial charge on any atom is -0.488 e. The summed E-state index contributed by atoms with van der Waals surface area (Å²) in [5.41, 5.74) is 1.17. The molecule has 0 saturated carbocycles. The third kappa shape index (κ3) is 2.88. The summed E-state index contributed by atoms with van der Waals surface area (Å²) in [6.45, 7) is 0.00755. The molecule has 18 heavy (non-hydrogen) atoms. The van der Waals surface area contributed by atoms with E-state index >= 15 is 0 Å². The van der Waals surface area contributed by atoms with Gasteiger partial charge in [0.2, 0.25) is 0 Å². The van der Waals surface area contributed by atoms with Crippen molar-refractivity contribution in [1.29, 1.82) is 0 Å². The predicted molar refractivity (Wildman–Crippen MR) is 69.8 cm³/mol. The second kappa shape index (κ2) is 5.96. The standard InChI is InChI=1S/C14H11BrF2O/c15-8-10-4-1-2-7-13(10)18-9-11-5-3-6-12(16)14(11)17/h1-7H,8-9H2. The van der Waals surface area contributed by atoms with E-state index in [-0.39, 0.29) is 12.2 Å². The topological polar surface area (TPSA) is 9.23 Å². The van der Waals surface area contributed by atoms with Crippen molar-refractivity contribution in [1.82, 2.24) is 0 Å². The fourth-order valence-corrected chi connectivity index (χ4v) is 2.03. The lowest BCUT2D eigenvalue weighted by Gasteiger charge is -2.10. The lowest BCUT2D eigenvalue weighted by molar-refractivity contribution is 0.295. The van der Waals surface area contributed by atoms with Crippen molar-refractivity contribution in [2.45, 2.75) is 11.9 Å². The van der Waals surface area contributed by atoms with E-state index in [1.807, 2.05) is 18.2 Å². The molecule has 0 aromatic heterocycles. The van der Waals surface area contributed by atoms with Crippen LogP contribution in [0, 0.1) is 11.6 Å². The van der Waals surface area contributed by atoms with Crippen LogP contribution >= 0.6 is 15.9 Å². The van der Waals surface area contributed by atoms with E-state index < -0.39 is 11.6 Å². The van der Waals surface area contributed by atoms with Crippen LogP contribution in [0.5, 0.6) is 5.75 Å². The van der Waals surface area contributed by atoms with Gasteiger partial charge in [-0.3, -0.25) is 0 Å². The fourth-order valence-electron chi connectivity index (χ4n) is 1.57. The van der Waals surface area contributed by atoms with Crippen molar-refractivity contribution >= 4 is 15.9 Å². The van der Waals surface area contributed by atoms with Crippen LogP contribution in [-0.2, 0) is 11.9 Å². The van der Waals surface area contributed by atoms with Crippen molar-refractivity contribution in [3.63, 3.8) is 0 Å². The first-order valence-electron chi connectivity index (χ1n) is 5.42. The van der Waals surface area contributed by atoms with Crippen LogP contribution in [0.1, 0.15) is 11.1 Å². The molecule has 0 fully saturated rings. The summed E-state index contributed by atoms with van der Waals surface area (Å²) < 4.78 is 31.9. The largest absolute Gasteiger partial charge is 0.488 e. The third-order valence-electron chi connectivity index (χ3n) is 2.53. The van der Waals surface area contributed by atoms with Gasteiger partial charge in [-0.05, 0) is 12.1 Å². The van der Waals surface area contributed by atoms with Crippen molar-refractivity contribution in [2.24, 2.45) is 0 Å². The van der Waals surface area contributed by atoms with Gasteiger partial charge in [0.15, 0.2) is 11.6 Å². The Kier molecular flexibility index (Phi) is 4.31. The third-order valence-corrected chi connectivity index (χ3v) is 3.14. The van der Waals surface area contributed by atoms with Gasteiger partial charge in [0, 0.05) is 16.5 Å². The second-order valence-corrected chi connectivity index (χ2v) is 4.30. The Morgan fingerprint density at radius 2 is 1.67 bits per heavy atom. The van der Waals surface area contributed by atoms with Gasteiger partial charge in [-0.1, -0.05) is 46.3 Å². The molecule has 94 valence electrons. The SMILES string of the molecule is Fc1cccc(COc2ccccc2CBr)c1F. The molecule has 1 nitrogen and oxygen atoms in total. The van der Waals surface area contributed by atoms with Crippen LogP contribution in [0.15, 0.2) is 42.5 Å². The highest BCUT2D eigenvalue weighted by Crippen LogP contribution is 2.22. The van der Waals surface area contributed by atoms with Gasteiger partial charge in [0.05, 0.1) is 0 Å². The Bertz CT molecular complexity index is 543. The Morgan fingerprint density at radius 3 is 2.44 bits per heavy atom. The average Bonchev–Trinajstić information content (AvgIpc) is 2.41. The summed E-state index contributed by atoms with van der Waals surface area (Å²) in [5.74, 6) is -1.04. The summed E-state index contributed by atoms with van der Waals surface area (Å²) in [4.78, 5) is 0. The van der Waals surface area contributed by atoms with E-state index in [9.17, 15) is 8.78 Å². The molecule has 0 heterocycles. The molecule has 0 aliphatic rings. The molecule has 2 aromatic rings. The Morgan fingerprint density at radius 1 is 0.944 bits per heavy atom. The van der Waals surface area contributed by atoms with Crippen LogP contribution in [0.25, 0.3) is 0 Å². The van der Waals surface area contributed by atoms with Gasteiger partial charge in [0.1, 0.15) is 12.4 Å². The van der Waals surface area contributed by atoms with E-state index in [4.69, 9.17) is 4.74 Å². The molecule has 0 aliphatic heterocycles. The molecule has 0 N–H and O–H groups in total. The van der Waals surface area contributed by atoms with Gasteiger partial charge in [-0.25, -0.2) is 8.78 Å². The Balaban J connectivity index is 2.14. The summed E-state index contributed by atoms with van der Waals surface area (Å²) in [5, 5.41) is 0.648. The number of rotatable bonds is 4. The zero-order valence-corrected chi connectivity index (χ0v) is 11.1. The predicted octanol–water partition coefficient (Wildman–Crippen LogP) is 4.44. The maximum Gasteiger partial charge on any atom is 0.165 e. The number of halogens is 3. The highest BCUT2D eigenvalue weighted by atomic mass is 79.9. The lowest BCUT2D eigenvalue weighted by Crippen LogP contribution is -2.01. The molecule has 4 heteroatoms. The van der Waals surface area contributed by atoms with Crippen LogP contribution in [0.2, 0.25) is 0 Å². The van der Waals surface area contributed by atoms with Crippen molar-refractivity contribution in [3.05, 3.63) is 65.2 Å². The van der Waals surface area contributed by atoms with Gasteiger partial charge >= 0.3 is 0 Å². The molecule has 0 atom stereocenters. The molecular weight excluding hydrogens is 302 g/mol. The van der Waals surface area contributed by atoms with Gasteiger partial charge in [-0.15, -0.1) is 0 Å². The molecule has 0 saturated heterocycles. The molecule has 0 bridgehead atoms. The van der Waals surface area contributed by atoms with E-state index in [2.05, 4.69) is 15.9 Å². The Labute approximate surface area is 113 Å². The molecule has 0 radical (unpaired) electrons. The van der Waals surface area contributed by atoms with E-state index in [0.29, 0.717) is 11.1 Å². The van der Waals surface area contributed by atoms with Crippen LogP contribution in [-0.4, -0.2) is 0 Å². The molecule has 0 aliphatic carbocycles. The number of hydrogen-bond donors (Lipinski definition) is 0. The molecule has 0 unspecified atom stereocenters. The van der Waals surface area contributed by atoms with E-state index in [1.165, 1.54) is 12.1 Å². The Hall–Kier alpha value is -1.42. The number of para-hydroxylation sites is 1. The summed E-state index contributed by atoms with van der Waals surface area (Å²) in [6.07, 6.45) is 0. The number of benzene rings is 2. The number of alkyl halides is 1. The first-order valence-corrected chi connectivity index (χ1v) is 6.54. The van der Waals surface area contributed by atoms with Crippen molar-refractivity contribution in [3.8, 4) is 5.75 Å². The van der Waals surface area contributed by atoms with Gasteiger partial charge < -0.3 is 4.74 Å². The maximum atomic E-state index is 13.4. The maximum absolute atomic E-state index is 13.4. The zero-order valence-electron chi connectivity index (χ0n) is 9.50. The minimum absolute atomic E-state index is 0.00755. The second-order valence-electron chi connectivity index (χ2n) is 3.74. The highest BCUT2D eigenvalue weighted by molar-refractivity contribution is 9.08. The first-order chi connectivity index (χ1) is 8.72. The van der Waals surface area contributed by atoms with Crippen LogP contribution in [0.3, 0.4) is 0 Å². The first kappa shape index (κ1) is 13.0. The minimum atomic E-state index is -0.857. The monoisotopic (exact) mass is 312 g/mol. The molecule has 0 amide bonds. The lowest BCUT2D eigenvalue weighted by atomic mass is 10.2. The van der Waals surface area contributed by atoms with E-state index in [1.54, 1.807) is 6.07 Å². The van der Waals surface area contributed by atoms with Crippen LogP contribution in [0.4, 0.5) is 8.78 Å². The molecule has 0 spiro atoms. The smallest absolute Gasteiger partial charge is 0.165 e. The van der Waals surface area contributed by atoms with E-state index in [0.717, 1.165) is 11.6 Å². The van der Waals surface area contributed by atoms with Gasteiger partial charge in [-0.2, -0.15) is 0 Å². The fraction of sp³-hybridized carbons (Fsp3) is 0.143. The normalized spacial score (nSPS) is 10.4. The molecule has 2 rings (SSSR count).